The van der Waals surface area contributed by atoms with Crippen LogP contribution >= 0.6 is 0 Å². The molecule has 1 saturated carbocycles. The lowest BCUT2D eigenvalue weighted by molar-refractivity contribution is -0.128. The average molecular weight is 194 g/mol. The van der Waals surface area contributed by atoms with Crippen LogP contribution in [0.2, 0.25) is 0 Å². The smallest absolute Gasteiger partial charge is 0.252 e. The van der Waals surface area contributed by atoms with Crippen molar-refractivity contribution in [1.82, 2.24) is 5.43 Å². The van der Waals surface area contributed by atoms with Crippen LogP contribution in [0.5, 0.6) is 0 Å². The van der Waals surface area contributed by atoms with E-state index < -0.39 is 0 Å². The molecule has 14 heavy (non-hydrogen) atoms. The Hall–Kier alpha value is -0.860. The third-order valence-electron chi connectivity index (χ3n) is 4.15. The lowest BCUT2D eigenvalue weighted by Gasteiger charge is -2.31. The largest absolute Gasteiger partial charge is 0.272 e. The molecular formula is C11H18N2O. The van der Waals surface area contributed by atoms with Gasteiger partial charge in [0.25, 0.3) is 5.91 Å². The molecule has 0 spiro atoms. The van der Waals surface area contributed by atoms with Crippen LogP contribution in [-0.2, 0) is 4.79 Å². The fraction of sp³-hybridized carbons (Fsp3) is 0.818. The van der Waals surface area contributed by atoms with Gasteiger partial charge in [0.1, 0.15) is 0 Å². The second-order valence-electron chi connectivity index (χ2n) is 4.86. The van der Waals surface area contributed by atoms with E-state index in [2.05, 4.69) is 17.5 Å². The molecule has 78 valence electrons. The molecule has 3 unspecified atom stereocenters. The van der Waals surface area contributed by atoms with Gasteiger partial charge in [-0.3, -0.25) is 4.79 Å². The van der Waals surface area contributed by atoms with Crippen LogP contribution in [0.15, 0.2) is 5.10 Å². The van der Waals surface area contributed by atoms with Crippen molar-refractivity contribution in [2.45, 2.75) is 40.0 Å². The lowest BCUT2D eigenvalue weighted by atomic mass is 9.69. The maximum absolute atomic E-state index is 11.8. The molecule has 1 amide bonds. The molecule has 3 atom stereocenters. The topological polar surface area (TPSA) is 41.5 Å². The second-order valence-corrected chi connectivity index (χ2v) is 4.86. The Labute approximate surface area is 85.0 Å². The zero-order valence-electron chi connectivity index (χ0n) is 9.13. The Bertz CT molecular complexity index is 298. The van der Waals surface area contributed by atoms with Crippen molar-refractivity contribution in [2.24, 2.45) is 22.4 Å². The molecule has 0 aromatic carbocycles. The Balaban J connectivity index is 2.30. The highest BCUT2D eigenvalue weighted by Gasteiger charge is 2.50. The summed E-state index contributed by atoms with van der Waals surface area (Å²) in [5, 5.41) is 4.07. The van der Waals surface area contributed by atoms with Gasteiger partial charge in [-0.2, -0.15) is 5.10 Å². The summed E-state index contributed by atoms with van der Waals surface area (Å²) in [6.45, 7) is 6.26. The summed E-state index contributed by atoms with van der Waals surface area (Å²) in [4.78, 5) is 11.8. The molecular weight excluding hydrogens is 176 g/mol. The summed E-state index contributed by atoms with van der Waals surface area (Å²) in [7, 11) is 0. The molecule has 3 nitrogen and oxygen atoms in total. The van der Waals surface area contributed by atoms with Crippen LogP contribution < -0.4 is 5.43 Å². The van der Waals surface area contributed by atoms with Gasteiger partial charge in [-0.05, 0) is 32.1 Å². The Kier molecular flexibility index (Phi) is 2.13. The van der Waals surface area contributed by atoms with Crippen molar-refractivity contribution in [1.29, 1.82) is 0 Å². The van der Waals surface area contributed by atoms with Crippen molar-refractivity contribution in [3.05, 3.63) is 0 Å². The lowest BCUT2D eigenvalue weighted by Crippen LogP contribution is -2.42. The molecule has 3 heteroatoms. The van der Waals surface area contributed by atoms with Crippen molar-refractivity contribution in [3.8, 4) is 0 Å². The van der Waals surface area contributed by atoms with Gasteiger partial charge in [0.05, 0.1) is 11.1 Å². The number of hydrazone groups is 1. The van der Waals surface area contributed by atoms with Crippen LogP contribution in [0.1, 0.15) is 40.0 Å². The molecule has 1 N–H and O–H groups in total. The van der Waals surface area contributed by atoms with Crippen LogP contribution in [0, 0.1) is 17.3 Å². The van der Waals surface area contributed by atoms with Crippen LogP contribution in [0.4, 0.5) is 0 Å². The molecule has 0 bridgehead atoms. The van der Waals surface area contributed by atoms with Gasteiger partial charge in [-0.15, -0.1) is 0 Å². The summed E-state index contributed by atoms with van der Waals surface area (Å²) >= 11 is 0. The van der Waals surface area contributed by atoms with Crippen molar-refractivity contribution in [3.63, 3.8) is 0 Å². The third-order valence-corrected chi connectivity index (χ3v) is 4.15. The maximum Gasteiger partial charge on any atom is 0.252 e. The highest BCUT2D eigenvalue weighted by molar-refractivity contribution is 6.11. The monoisotopic (exact) mass is 194 g/mol. The van der Waals surface area contributed by atoms with Crippen LogP contribution in [-0.4, -0.2) is 11.6 Å². The molecule has 0 aromatic rings. The average Bonchev–Trinajstić information content (AvgIpc) is 2.67. The number of hydrogen-bond donors (Lipinski definition) is 1. The number of nitrogens with one attached hydrogen (secondary N) is 1. The first kappa shape index (κ1) is 9.69. The molecule has 2 aliphatic rings. The SMILES string of the molecule is CC1=NNC(=O)C1(C)C1CCCC1C. The molecule has 0 aromatic heterocycles. The van der Waals surface area contributed by atoms with E-state index in [4.69, 9.17) is 0 Å². The van der Waals surface area contributed by atoms with Gasteiger partial charge < -0.3 is 0 Å². The fourth-order valence-corrected chi connectivity index (χ4v) is 2.97. The van der Waals surface area contributed by atoms with Crippen molar-refractivity contribution in [2.75, 3.05) is 0 Å². The molecule has 1 aliphatic carbocycles. The van der Waals surface area contributed by atoms with E-state index in [-0.39, 0.29) is 11.3 Å². The van der Waals surface area contributed by atoms with Gasteiger partial charge in [0.2, 0.25) is 0 Å². The normalized spacial score (nSPS) is 42.5. The molecule has 1 heterocycles. The van der Waals surface area contributed by atoms with E-state index in [0.717, 1.165) is 12.1 Å². The van der Waals surface area contributed by atoms with Gasteiger partial charge in [-0.25, -0.2) is 5.43 Å². The van der Waals surface area contributed by atoms with E-state index >= 15 is 0 Å². The Morgan fingerprint density at radius 1 is 1.50 bits per heavy atom. The Morgan fingerprint density at radius 2 is 2.21 bits per heavy atom. The van der Waals surface area contributed by atoms with Crippen molar-refractivity contribution >= 4 is 11.6 Å². The maximum atomic E-state index is 11.8. The molecule has 2 rings (SSSR count). The first-order valence-corrected chi connectivity index (χ1v) is 5.42. The zero-order valence-corrected chi connectivity index (χ0v) is 9.13. The summed E-state index contributed by atoms with van der Waals surface area (Å²) in [5.74, 6) is 1.22. The standard InChI is InChI=1S/C11H18N2O/c1-7-5-4-6-9(7)11(3)8(2)12-13-10(11)14/h7,9H,4-6H2,1-3H3,(H,13,14). The van der Waals surface area contributed by atoms with E-state index in [0.29, 0.717) is 11.8 Å². The highest BCUT2D eigenvalue weighted by Crippen LogP contribution is 2.45. The van der Waals surface area contributed by atoms with E-state index in [1.807, 2.05) is 13.8 Å². The molecule has 0 saturated heterocycles. The first-order valence-electron chi connectivity index (χ1n) is 5.42. The summed E-state index contributed by atoms with van der Waals surface area (Å²) in [6.07, 6.45) is 3.67. The van der Waals surface area contributed by atoms with Gasteiger partial charge in [-0.1, -0.05) is 19.8 Å². The quantitative estimate of drug-likeness (QED) is 0.681. The summed E-state index contributed by atoms with van der Waals surface area (Å²) < 4.78 is 0. The van der Waals surface area contributed by atoms with E-state index in [1.54, 1.807) is 0 Å². The number of carbonyl (C=O) groups is 1. The minimum atomic E-state index is -0.337. The fourth-order valence-electron chi connectivity index (χ4n) is 2.97. The van der Waals surface area contributed by atoms with E-state index in [9.17, 15) is 4.79 Å². The van der Waals surface area contributed by atoms with Gasteiger partial charge in [0, 0.05) is 0 Å². The highest BCUT2D eigenvalue weighted by atomic mass is 16.2. The predicted molar refractivity (Wildman–Crippen MR) is 55.9 cm³/mol. The van der Waals surface area contributed by atoms with Gasteiger partial charge >= 0.3 is 0 Å². The summed E-state index contributed by atoms with van der Waals surface area (Å²) in [6, 6.07) is 0. The first-order chi connectivity index (χ1) is 6.56. The number of amides is 1. The predicted octanol–water partition coefficient (Wildman–Crippen LogP) is 1.93. The number of rotatable bonds is 1. The third kappa shape index (κ3) is 1.11. The van der Waals surface area contributed by atoms with E-state index in [1.165, 1.54) is 12.8 Å². The molecule has 0 radical (unpaired) electrons. The second kappa shape index (κ2) is 3.07. The van der Waals surface area contributed by atoms with Crippen LogP contribution in [0.25, 0.3) is 0 Å². The Morgan fingerprint density at radius 3 is 2.64 bits per heavy atom. The van der Waals surface area contributed by atoms with Crippen LogP contribution in [0.3, 0.4) is 0 Å². The van der Waals surface area contributed by atoms with Gasteiger partial charge in [0.15, 0.2) is 0 Å². The number of carbonyl (C=O) groups excluding carboxylic acids is 1. The molecule has 1 fully saturated rings. The molecule has 1 aliphatic heterocycles. The van der Waals surface area contributed by atoms with Crippen molar-refractivity contribution < 1.29 is 4.79 Å². The number of hydrogen-bond acceptors (Lipinski definition) is 2. The number of nitrogens with zero attached hydrogens (tertiary/aromatic N) is 1. The minimum Gasteiger partial charge on any atom is -0.272 e. The summed E-state index contributed by atoms with van der Waals surface area (Å²) in [5.41, 5.74) is 3.23. The minimum absolute atomic E-state index is 0.0914. The zero-order chi connectivity index (χ0) is 10.3.